The molecule has 0 saturated heterocycles. The lowest BCUT2D eigenvalue weighted by molar-refractivity contribution is 0.495. The molecular weight excluding hydrogens is 250 g/mol. The molecule has 0 heterocycles. The monoisotopic (exact) mass is 269 g/mol. The molecule has 94 valence electrons. The lowest BCUT2D eigenvalue weighted by Crippen LogP contribution is -2.39. The Labute approximate surface area is 113 Å². The fraction of sp³-hybridized carbons (Fsp3) is 0.571. The molecule has 1 aliphatic carbocycles. The molecule has 1 aromatic carbocycles. The number of halogens is 1. The zero-order valence-corrected chi connectivity index (χ0v) is 12.3. The first-order valence-electron chi connectivity index (χ1n) is 6.06. The van der Waals surface area contributed by atoms with Crippen molar-refractivity contribution in [2.24, 2.45) is 0 Å². The van der Waals surface area contributed by atoms with Crippen LogP contribution in [0.1, 0.15) is 25.0 Å². The summed E-state index contributed by atoms with van der Waals surface area (Å²) in [6.45, 7) is 5.62. The number of hydrogen-bond acceptors (Lipinski definition) is 2. The fourth-order valence-electron chi connectivity index (χ4n) is 2.19. The van der Waals surface area contributed by atoms with E-state index >= 15 is 0 Å². The lowest BCUT2D eigenvalue weighted by Gasteiger charge is -2.24. The Hall–Kier alpha value is -0.180. The van der Waals surface area contributed by atoms with Crippen LogP contribution >= 0.6 is 23.4 Å². The standard InChI is InChI=1S/C14H20ClNS/c1-14(2,17-3)9-16-13-7-10-4-5-12(15)6-11(10)8-13/h4-6,13,16H,7-9H2,1-3H3. The molecule has 3 heteroatoms. The van der Waals surface area contributed by atoms with Crippen molar-refractivity contribution in [3.63, 3.8) is 0 Å². The van der Waals surface area contributed by atoms with E-state index in [0.717, 1.165) is 24.4 Å². The van der Waals surface area contributed by atoms with Crippen LogP contribution in [0.5, 0.6) is 0 Å². The third-order valence-corrected chi connectivity index (χ3v) is 4.95. The molecule has 0 bridgehead atoms. The number of thioether (sulfide) groups is 1. The van der Waals surface area contributed by atoms with Crippen LogP contribution in [0, 0.1) is 0 Å². The second-order valence-corrected chi connectivity index (χ2v) is 7.31. The van der Waals surface area contributed by atoms with Crippen molar-refractivity contribution >= 4 is 23.4 Å². The first-order chi connectivity index (χ1) is 8.00. The highest BCUT2D eigenvalue weighted by Crippen LogP contribution is 2.26. The molecule has 1 atom stereocenters. The van der Waals surface area contributed by atoms with E-state index in [9.17, 15) is 0 Å². The molecule has 1 nitrogen and oxygen atoms in total. The van der Waals surface area contributed by atoms with Gasteiger partial charge in [0, 0.05) is 22.4 Å². The van der Waals surface area contributed by atoms with Crippen molar-refractivity contribution in [1.29, 1.82) is 0 Å². The maximum Gasteiger partial charge on any atom is 0.0408 e. The average molecular weight is 270 g/mol. The molecule has 1 aromatic rings. The van der Waals surface area contributed by atoms with Crippen LogP contribution in [0.4, 0.5) is 0 Å². The van der Waals surface area contributed by atoms with Crippen LogP contribution in [-0.2, 0) is 12.8 Å². The highest BCUT2D eigenvalue weighted by Gasteiger charge is 2.24. The Bertz CT molecular complexity index is 403. The molecule has 17 heavy (non-hydrogen) atoms. The lowest BCUT2D eigenvalue weighted by atomic mass is 10.1. The fourth-order valence-corrected chi connectivity index (χ4v) is 2.62. The molecular formula is C14H20ClNS. The van der Waals surface area contributed by atoms with E-state index in [1.54, 1.807) is 0 Å². The molecule has 0 amide bonds. The number of rotatable bonds is 4. The predicted octanol–water partition coefficient (Wildman–Crippen LogP) is 3.54. The number of fused-ring (bicyclic) bond motifs is 1. The molecule has 0 aliphatic heterocycles. The molecule has 1 unspecified atom stereocenters. The summed E-state index contributed by atoms with van der Waals surface area (Å²) in [5, 5.41) is 4.53. The molecule has 0 radical (unpaired) electrons. The van der Waals surface area contributed by atoms with Crippen molar-refractivity contribution in [3.05, 3.63) is 34.3 Å². The van der Waals surface area contributed by atoms with Crippen LogP contribution in [-0.4, -0.2) is 23.6 Å². The van der Waals surface area contributed by atoms with E-state index in [4.69, 9.17) is 11.6 Å². The minimum absolute atomic E-state index is 0.312. The van der Waals surface area contributed by atoms with Crippen LogP contribution in [0.15, 0.2) is 18.2 Å². The van der Waals surface area contributed by atoms with Gasteiger partial charge >= 0.3 is 0 Å². The summed E-state index contributed by atoms with van der Waals surface area (Å²) in [6.07, 6.45) is 4.42. The van der Waals surface area contributed by atoms with E-state index in [1.165, 1.54) is 11.1 Å². The first-order valence-corrected chi connectivity index (χ1v) is 7.66. The van der Waals surface area contributed by atoms with Crippen LogP contribution in [0.3, 0.4) is 0 Å². The molecule has 0 fully saturated rings. The predicted molar refractivity (Wildman–Crippen MR) is 78.2 cm³/mol. The smallest absolute Gasteiger partial charge is 0.0408 e. The maximum atomic E-state index is 6.02. The molecule has 1 aliphatic rings. The van der Waals surface area contributed by atoms with Gasteiger partial charge in [0.05, 0.1) is 0 Å². The molecule has 1 N–H and O–H groups in total. The largest absolute Gasteiger partial charge is 0.312 e. The molecule has 0 aromatic heterocycles. The van der Waals surface area contributed by atoms with E-state index in [1.807, 2.05) is 17.8 Å². The first kappa shape index (κ1) is 13.3. The Morgan fingerprint density at radius 1 is 1.35 bits per heavy atom. The van der Waals surface area contributed by atoms with Gasteiger partial charge in [-0.25, -0.2) is 0 Å². The van der Waals surface area contributed by atoms with Gasteiger partial charge in [0.15, 0.2) is 0 Å². The number of hydrogen-bond donors (Lipinski definition) is 1. The summed E-state index contributed by atoms with van der Waals surface area (Å²) < 4.78 is 0.312. The van der Waals surface area contributed by atoms with E-state index in [-0.39, 0.29) is 0 Å². The summed E-state index contributed by atoms with van der Waals surface area (Å²) in [7, 11) is 0. The summed E-state index contributed by atoms with van der Waals surface area (Å²) in [5.74, 6) is 0. The van der Waals surface area contributed by atoms with Gasteiger partial charge in [0.25, 0.3) is 0 Å². The minimum atomic E-state index is 0.312. The second-order valence-electron chi connectivity index (χ2n) is 5.36. The summed E-state index contributed by atoms with van der Waals surface area (Å²) in [4.78, 5) is 0. The topological polar surface area (TPSA) is 12.0 Å². The Kier molecular flexibility index (Phi) is 4.06. The van der Waals surface area contributed by atoms with E-state index in [2.05, 4.69) is 37.6 Å². The van der Waals surface area contributed by atoms with Crippen molar-refractivity contribution in [2.45, 2.75) is 37.5 Å². The van der Waals surface area contributed by atoms with E-state index in [0.29, 0.717) is 10.8 Å². The zero-order valence-electron chi connectivity index (χ0n) is 10.7. The van der Waals surface area contributed by atoms with Gasteiger partial charge in [-0.15, -0.1) is 0 Å². The third-order valence-electron chi connectivity index (χ3n) is 3.47. The van der Waals surface area contributed by atoms with Gasteiger partial charge in [-0.1, -0.05) is 17.7 Å². The van der Waals surface area contributed by atoms with E-state index < -0.39 is 0 Å². The van der Waals surface area contributed by atoms with Gasteiger partial charge in [-0.2, -0.15) is 11.8 Å². The Balaban J connectivity index is 1.92. The molecule has 0 saturated carbocycles. The van der Waals surface area contributed by atoms with Crippen LogP contribution in [0.2, 0.25) is 5.02 Å². The highest BCUT2D eigenvalue weighted by molar-refractivity contribution is 7.99. The van der Waals surface area contributed by atoms with Crippen molar-refractivity contribution in [3.8, 4) is 0 Å². The molecule has 2 rings (SSSR count). The second kappa shape index (κ2) is 5.21. The molecule has 0 spiro atoms. The minimum Gasteiger partial charge on any atom is -0.312 e. The van der Waals surface area contributed by atoms with Gasteiger partial charge in [0.2, 0.25) is 0 Å². The van der Waals surface area contributed by atoms with Crippen molar-refractivity contribution < 1.29 is 0 Å². The van der Waals surface area contributed by atoms with Crippen LogP contribution in [0.25, 0.3) is 0 Å². The quantitative estimate of drug-likeness (QED) is 0.897. The number of benzene rings is 1. The zero-order chi connectivity index (χ0) is 12.5. The van der Waals surface area contributed by atoms with Crippen LogP contribution < -0.4 is 5.32 Å². The van der Waals surface area contributed by atoms with Crippen molar-refractivity contribution in [1.82, 2.24) is 5.32 Å². The van der Waals surface area contributed by atoms with Crippen molar-refractivity contribution in [2.75, 3.05) is 12.8 Å². The Morgan fingerprint density at radius 3 is 2.76 bits per heavy atom. The Morgan fingerprint density at radius 2 is 2.06 bits per heavy atom. The van der Waals surface area contributed by atoms with Gasteiger partial charge in [-0.3, -0.25) is 0 Å². The average Bonchev–Trinajstić information content (AvgIpc) is 2.68. The van der Waals surface area contributed by atoms with Gasteiger partial charge < -0.3 is 5.32 Å². The highest BCUT2D eigenvalue weighted by atomic mass is 35.5. The summed E-state index contributed by atoms with van der Waals surface area (Å²) in [6, 6.07) is 6.85. The maximum absolute atomic E-state index is 6.02. The summed E-state index contributed by atoms with van der Waals surface area (Å²) >= 11 is 7.93. The summed E-state index contributed by atoms with van der Waals surface area (Å²) in [5.41, 5.74) is 2.87. The third kappa shape index (κ3) is 3.40. The SMILES string of the molecule is CSC(C)(C)CNC1Cc2ccc(Cl)cc2C1. The van der Waals surface area contributed by atoms with Gasteiger partial charge in [-0.05, 0) is 56.2 Å². The normalized spacial score (nSPS) is 19.4. The van der Waals surface area contributed by atoms with Gasteiger partial charge in [0.1, 0.15) is 0 Å². The number of nitrogens with one attached hydrogen (secondary N) is 1.